The van der Waals surface area contributed by atoms with E-state index in [1.165, 1.54) is 0 Å². The van der Waals surface area contributed by atoms with E-state index >= 15 is 0 Å². The van der Waals surface area contributed by atoms with Crippen molar-refractivity contribution in [3.8, 4) is 0 Å². The lowest BCUT2D eigenvalue weighted by Crippen LogP contribution is -1.94. The maximum absolute atomic E-state index is 12.5. The molecule has 1 aromatic rings. The zero-order chi connectivity index (χ0) is 9.14. The quantitative estimate of drug-likeness (QED) is 0.603. The normalized spacial score (nSPS) is 10.3. The number of halogens is 3. The number of rotatable bonds is 2. The number of benzene rings is 1. The fourth-order valence-corrected chi connectivity index (χ4v) is 0.962. The second-order valence-corrected chi connectivity index (χ2v) is 2.49. The van der Waals surface area contributed by atoms with Crippen LogP contribution in [-0.2, 0) is 6.42 Å². The molecule has 0 aromatic heterocycles. The molecule has 0 fully saturated rings. The molecule has 0 aliphatic carbocycles. The van der Waals surface area contributed by atoms with Crippen LogP contribution in [0.15, 0.2) is 12.1 Å². The highest BCUT2D eigenvalue weighted by molar-refractivity contribution is 5.20. The summed E-state index contributed by atoms with van der Waals surface area (Å²) in [5, 5.41) is 0. The van der Waals surface area contributed by atoms with Gasteiger partial charge in [0.1, 0.15) is 0 Å². The summed E-state index contributed by atoms with van der Waals surface area (Å²) in [5.74, 6) is -3.67. The van der Waals surface area contributed by atoms with Crippen LogP contribution in [0.25, 0.3) is 0 Å². The van der Waals surface area contributed by atoms with E-state index in [0.717, 1.165) is 12.1 Å². The lowest BCUT2D eigenvalue weighted by molar-refractivity contribution is 0.445. The Bertz CT molecular complexity index is 258. The van der Waals surface area contributed by atoms with Gasteiger partial charge in [-0.1, -0.05) is 6.92 Å². The van der Waals surface area contributed by atoms with Crippen molar-refractivity contribution in [2.45, 2.75) is 13.3 Å². The topological polar surface area (TPSA) is 0 Å². The average Bonchev–Trinajstić information content (AvgIpc) is 2.01. The minimum Gasteiger partial charge on any atom is -0.204 e. The van der Waals surface area contributed by atoms with E-state index in [4.69, 9.17) is 0 Å². The maximum Gasteiger partial charge on any atom is 0.194 e. The van der Waals surface area contributed by atoms with E-state index in [0.29, 0.717) is 12.0 Å². The first-order chi connectivity index (χ1) is 5.65. The van der Waals surface area contributed by atoms with Crippen LogP contribution in [0.5, 0.6) is 0 Å². The van der Waals surface area contributed by atoms with Gasteiger partial charge in [-0.15, -0.1) is 0 Å². The molecule has 0 heterocycles. The Hall–Kier alpha value is -0.990. The van der Waals surface area contributed by atoms with Gasteiger partial charge in [-0.2, -0.15) is 0 Å². The summed E-state index contributed by atoms with van der Waals surface area (Å²) in [6.07, 6.45) is 2.18. The largest absolute Gasteiger partial charge is 0.204 e. The SMILES string of the molecule is C[CH]Cc1cc(F)c(F)c(F)c1. The fourth-order valence-electron chi connectivity index (χ4n) is 0.962. The summed E-state index contributed by atoms with van der Waals surface area (Å²) in [5.41, 5.74) is 0.439. The Morgan fingerprint density at radius 1 is 1.17 bits per heavy atom. The zero-order valence-electron chi connectivity index (χ0n) is 6.57. The molecule has 0 saturated heterocycles. The van der Waals surface area contributed by atoms with Crippen LogP contribution in [0.4, 0.5) is 13.2 Å². The van der Waals surface area contributed by atoms with Gasteiger partial charge in [-0.05, 0) is 30.5 Å². The monoisotopic (exact) mass is 173 g/mol. The highest BCUT2D eigenvalue weighted by Gasteiger charge is 2.09. The molecular formula is C9H8F3. The average molecular weight is 173 g/mol. The Morgan fingerprint density at radius 3 is 2.08 bits per heavy atom. The molecule has 1 radical (unpaired) electrons. The highest BCUT2D eigenvalue weighted by Crippen LogP contribution is 2.14. The van der Waals surface area contributed by atoms with Crippen LogP contribution in [-0.4, -0.2) is 0 Å². The molecule has 0 nitrogen and oxygen atoms in total. The second kappa shape index (κ2) is 3.61. The van der Waals surface area contributed by atoms with E-state index < -0.39 is 17.5 Å². The van der Waals surface area contributed by atoms with Gasteiger partial charge in [0.2, 0.25) is 0 Å². The molecule has 12 heavy (non-hydrogen) atoms. The minimum atomic E-state index is -1.41. The van der Waals surface area contributed by atoms with E-state index in [9.17, 15) is 13.2 Å². The molecule has 0 aliphatic heterocycles. The Morgan fingerprint density at radius 2 is 1.67 bits per heavy atom. The van der Waals surface area contributed by atoms with Crippen LogP contribution in [0.2, 0.25) is 0 Å². The van der Waals surface area contributed by atoms with Crippen molar-refractivity contribution in [1.82, 2.24) is 0 Å². The summed E-state index contributed by atoms with van der Waals surface area (Å²) < 4.78 is 37.5. The summed E-state index contributed by atoms with van der Waals surface area (Å²) in [7, 11) is 0. The number of hydrogen-bond acceptors (Lipinski definition) is 0. The van der Waals surface area contributed by atoms with Gasteiger partial charge in [-0.25, -0.2) is 13.2 Å². The van der Waals surface area contributed by atoms with Crippen molar-refractivity contribution in [3.05, 3.63) is 41.6 Å². The van der Waals surface area contributed by atoms with Crippen molar-refractivity contribution < 1.29 is 13.2 Å². The molecule has 0 N–H and O–H groups in total. The Labute approximate surface area is 69.0 Å². The van der Waals surface area contributed by atoms with Crippen molar-refractivity contribution in [2.24, 2.45) is 0 Å². The minimum absolute atomic E-state index is 0.439. The molecule has 1 aromatic carbocycles. The first-order valence-corrected chi connectivity index (χ1v) is 3.56. The molecule has 0 bridgehead atoms. The van der Waals surface area contributed by atoms with Gasteiger partial charge in [0.05, 0.1) is 0 Å². The van der Waals surface area contributed by atoms with E-state index in [-0.39, 0.29) is 0 Å². The van der Waals surface area contributed by atoms with E-state index in [1.54, 1.807) is 13.3 Å². The van der Waals surface area contributed by atoms with Crippen LogP contribution in [0.3, 0.4) is 0 Å². The summed E-state index contributed by atoms with van der Waals surface area (Å²) >= 11 is 0. The van der Waals surface area contributed by atoms with Crippen molar-refractivity contribution in [2.75, 3.05) is 0 Å². The molecule has 0 spiro atoms. The lowest BCUT2D eigenvalue weighted by Gasteiger charge is -2.00. The molecule has 0 atom stereocenters. The van der Waals surface area contributed by atoms with Crippen molar-refractivity contribution in [1.29, 1.82) is 0 Å². The summed E-state index contributed by atoms with van der Waals surface area (Å²) in [6, 6.07) is 2.00. The maximum atomic E-state index is 12.5. The molecule has 0 unspecified atom stereocenters. The zero-order valence-corrected chi connectivity index (χ0v) is 6.57. The van der Waals surface area contributed by atoms with Gasteiger partial charge in [0.15, 0.2) is 17.5 Å². The third-order valence-electron chi connectivity index (χ3n) is 1.48. The van der Waals surface area contributed by atoms with E-state index in [1.807, 2.05) is 0 Å². The molecule has 3 heteroatoms. The van der Waals surface area contributed by atoms with E-state index in [2.05, 4.69) is 0 Å². The molecule has 0 aliphatic rings. The molecule has 0 amide bonds. The van der Waals surface area contributed by atoms with Crippen molar-refractivity contribution in [3.63, 3.8) is 0 Å². The van der Waals surface area contributed by atoms with Gasteiger partial charge < -0.3 is 0 Å². The van der Waals surface area contributed by atoms with Crippen molar-refractivity contribution >= 4 is 0 Å². The lowest BCUT2D eigenvalue weighted by atomic mass is 10.1. The summed E-state index contributed by atoms with van der Waals surface area (Å²) in [6.45, 7) is 1.76. The predicted molar refractivity (Wildman–Crippen MR) is 40.0 cm³/mol. The van der Waals surface area contributed by atoms with Crippen LogP contribution in [0.1, 0.15) is 12.5 Å². The van der Waals surface area contributed by atoms with Gasteiger partial charge in [0, 0.05) is 0 Å². The molecule has 1 rings (SSSR count). The predicted octanol–water partition coefficient (Wildman–Crippen LogP) is 2.87. The Balaban J connectivity index is 3.04. The van der Waals surface area contributed by atoms with Crippen LogP contribution in [0, 0.1) is 23.9 Å². The first kappa shape index (κ1) is 9.10. The van der Waals surface area contributed by atoms with Gasteiger partial charge >= 0.3 is 0 Å². The summed E-state index contributed by atoms with van der Waals surface area (Å²) in [4.78, 5) is 0. The van der Waals surface area contributed by atoms with Crippen LogP contribution < -0.4 is 0 Å². The standard InChI is InChI=1S/C9H8F3/c1-2-3-6-4-7(10)9(12)8(11)5-6/h2,4-5H,3H2,1H3. The first-order valence-electron chi connectivity index (χ1n) is 3.56. The van der Waals surface area contributed by atoms with Gasteiger partial charge in [-0.3, -0.25) is 0 Å². The Kier molecular flexibility index (Phi) is 2.74. The second-order valence-electron chi connectivity index (χ2n) is 2.49. The molecular weight excluding hydrogens is 165 g/mol. The third-order valence-corrected chi connectivity index (χ3v) is 1.48. The number of hydrogen-bond donors (Lipinski definition) is 0. The highest BCUT2D eigenvalue weighted by atomic mass is 19.2. The fraction of sp³-hybridized carbons (Fsp3) is 0.222. The smallest absolute Gasteiger partial charge is 0.194 e. The molecule has 65 valence electrons. The van der Waals surface area contributed by atoms with Gasteiger partial charge in [0.25, 0.3) is 0 Å². The third kappa shape index (κ3) is 1.78. The van der Waals surface area contributed by atoms with Crippen LogP contribution >= 0.6 is 0 Å². The molecule has 0 saturated carbocycles.